The molecule has 0 bridgehead atoms. The smallest absolute Gasteiger partial charge is 0.417 e. The molecular formula is C25H20F3N3O3S. The van der Waals surface area contributed by atoms with Crippen LogP contribution in [0.4, 0.5) is 24.5 Å². The van der Waals surface area contributed by atoms with Gasteiger partial charge < -0.3 is 14.7 Å². The van der Waals surface area contributed by atoms with Crippen molar-refractivity contribution >= 4 is 34.6 Å². The minimum absolute atomic E-state index is 0.0214. The Hall–Kier alpha value is -3.42. The zero-order chi connectivity index (χ0) is 25.0. The van der Waals surface area contributed by atoms with Gasteiger partial charge in [-0.2, -0.15) is 18.4 Å². The number of nitriles is 1. The van der Waals surface area contributed by atoms with Gasteiger partial charge in [-0.1, -0.05) is 6.08 Å². The summed E-state index contributed by atoms with van der Waals surface area (Å²) >= 11 is 5.68. The first-order chi connectivity index (χ1) is 16.7. The lowest BCUT2D eigenvalue weighted by Gasteiger charge is -2.43. The van der Waals surface area contributed by atoms with E-state index in [1.54, 1.807) is 29.2 Å². The molecule has 180 valence electrons. The van der Waals surface area contributed by atoms with E-state index in [9.17, 15) is 23.1 Å². The van der Waals surface area contributed by atoms with Crippen molar-refractivity contribution in [2.24, 2.45) is 0 Å². The molecule has 2 fully saturated rings. The molecule has 6 nitrogen and oxygen atoms in total. The molecule has 2 aromatic carbocycles. The predicted molar refractivity (Wildman–Crippen MR) is 126 cm³/mol. The third kappa shape index (κ3) is 3.66. The van der Waals surface area contributed by atoms with Crippen LogP contribution in [0.3, 0.4) is 0 Å². The number of benzene rings is 2. The maximum Gasteiger partial charge on any atom is 0.417 e. The van der Waals surface area contributed by atoms with E-state index in [4.69, 9.17) is 22.2 Å². The Kier molecular flexibility index (Phi) is 5.57. The second kappa shape index (κ2) is 8.36. The van der Waals surface area contributed by atoms with E-state index in [-0.39, 0.29) is 23.3 Å². The lowest BCUT2D eigenvalue weighted by molar-refractivity contribution is -0.137. The van der Waals surface area contributed by atoms with Gasteiger partial charge in [0.15, 0.2) is 5.11 Å². The molecular weight excluding hydrogens is 479 g/mol. The Morgan fingerprint density at radius 3 is 2.57 bits per heavy atom. The van der Waals surface area contributed by atoms with Crippen LogP contribution in [-0.4, -0.2) is 34.4 Å². The molecule has 1 aliphatic carbocycles. The second-order valence-corrected chi connectivity index (χ2v) is 9.11. The number of halogens is 3. The van der Waals surface area contributed by atoms with Crippen molar-refractivity contribution in [1.29, 1.82) is 5.26 Å². The molecule has 2 aromatic rings. The summed E-state index contributed by atoms with van der Waals surface area (Å²) < 4.78 is 46.6. The summed E-state index contributed by atoms with van der Waals surface area (Å²) in [5.74, 6) is 0.230. The third-order valence-electron chi connectivity index (χ3n) is 6.73. The summed E-state index contributed by atoms with van der Waals surface area (Å²) in [4.78, 5) is 16.5. The van der Waals surface area contributed by atoms with Gasteiger partial charge in [0.2, 0.25) is 0 Å². The number of thiocarbonyl (C=S) groups is 1. The van der Waals surface area contributed by atoms with Crippen LogP contribution in [0.2, 0.25) is 0 Å². The molecule has 2 heterocycles. The van der Waals surface area contributed by atoms with E-state index in [1.165, 1.54) is 6.07 Å². The summed E-state index contributed by atoms with van der Waals surface area (Å²) in [6.07, 6.45) is 0.840. The maximum atomic E-state index is 13.6. The highest BCUT2D eigenvalue weighted by Gasteiger charge is 2.59. The van der Waals surface area contributed by atoms with E-state index in [2.05, 4.69) is 0 Å². The van der Waals surface area contributed by atoms with Crippen LogP contribution in [-0.2, 0) is 17.4 Å². The summed E-state index contributed by atoms with van der Waals surface area (Å²) in [6.45, 7) is -0.162. The number of aliphatic hydroxyl groups excluding tert-OH is 1. The SMILES string of the molecule is N#Cc1ccc(N2C(=O)C3(CCC3)N(c3ccc4c(c3)CC=CC(CO)O4)C2=S)cc1C(F)(F)F. The van der Waals surface area contributed by atoms with E-state index in [1.807, 2.05) is 12.1 Å². The Morgan fingerprint density at radius 2 is 1.94 bits per heavy atom. The van der Waals surface area contributed by atoms with E-state index in [0.29, 0.717) is 30.7 Å². The quantitative estimate of drug-likeness (QED) is 0.496. The number of amides is 1. The number of hydrogen-bond donors (Lipinski definition) is 1. The molecule has 5 rings (SSSR count). The molecule has 35 heavy (non-hydrogen) atoms. The lowest BCUT2D eigenvalue weighted by Crippen LogP contribution is -2.55. The molecule has 2 aliphatic heterocycles. The summed E-state index contributed by atoms with van der Waals surface area (Å²) in [5.41, 5.74) is -1.13. The number of nitrogens with zero attached hydrogens (tertiary/aromatic N) is 3. The third-order valence-corrected chi connectivity index (χ3v) is 7.09. The van der Waals surface area contributed by atoms with Gasteiger partial charge >= 0.3 is 6.18 Å². The van der Waals surface area contributed by atoms with Crippen molar-refractivity contribution in [3.63, 3.8) is 0 Å². The van der Waals surface area contributed by atoms with Gasteiger partial charge in [-0.3, -0.25) is 9.69 Å². The van der Waals surface area contributed by atoms with Crippen LogP contribution < -0.4 is 14.5 Å². The molecule has 1 saturated carbocycles. The molecule has 3 aliphatic rings. The lowest BCUT2D eigenvalue weighted by atomic mass is 9.75. The van der Waals surface area contributed by atoms with Crippen LogP contribution >= 0.6 is 12.2 Å². The Morgan fingerprint density at radius 1 is 1.20 bits per heavy atom. The van der Waals surface area contributed by atoms with Gasteiger partial charge in [-0.05, 0) is 85.9 Å². The molecule has 1 amide bonds. The number of aliphatic hydroxyl groups is 1. The average molecular weight is 500 g/mol. The van der Waals surface area contributed by atoms with Crippen molar-refractivity contribution in [2.75, 3.05) is 16.4 Å². The highest BCUT2D eigenvalue weighted by molar-refractivity contribution is 7.81. The molecule has 10 heteroatoms. The highest BCUT2D eigenvalue weighted by Crippen LogP contribution is 2.49. The maximum absolute atomic E-state index is 13.6. The molecule has 1 spiro atoms. The topological polar surface area (TPSA) is 76.8 Å². The van der Waals surface area contributed by atoms with Gasteiger partial charge in [0.25, 0.3) is 5.91 Å². The van der Waals surface area contributed by atoms with E-state index < -0.39 is 28.9 Å². The molecule has 1 unspecified atom stereocenters. The van der Waals surface area contributed by atoms with Gasteiger partial charge in [-0.25, -0.2) is 0 Å². The molecule has 0 radical (unpaired) electrons. The number of rotatable bonds is 3. The number of fused-ring (bicyclic) bond motifs is 1. The normalized spacial score (nSPS) is 20.8. The van der Waals surface area contributed by atoms with Crippen LogP contribution in [0.25, 0.3) is 0 Å². The Bertz CT molecular complexity index is 1300. The standard InChI is InChI=1S/C25H20F3N3O3S/c26-25(27,28)20-12-17(6-5-16(20)13-29)30-22(33)24(9-2-10-24)31(23(30)35)18-7-8-21-15(11-18)3-1-4-19(14-32)34-21/h1,4-8,11-12,19,32H,2-3,9-10,14H2. The van der Waals surface area contributed by atoms with Crippen LogP contribution in [0.15, 0.2) is 48.6 Å². The zero-order valence-corrected chi connectivity index (χ0v) is 19.2. The zero-order valence-electron chi connectivity index (χ0n) is 18.4. The van der Waals surface area contributed by atoms with Gasteiger partial charge in [0, 0.05) is 5.69 Å². The van der Waals surface area contributed by atoms with Crippen molar-refractivity contribution in [1.82, 2.24) is 0 Å². The second-order valence-electron chi connectivity index (χ2n) is 8.75. The van der Waals surface area contributed by atoms with Crippen molar-refractivity contribution in [2.45, 2.75) is 43.5 Å². The van der Waals surface area contributed by atoms with E-state index in [0.717, 1.165) is 29.0 Å². The summed E-state index contributed by atoms with van der Waals surface area (Å²) in [7, 11) is 0. The fourth-order valence-corrected chi connectivity index (χ4v) is 5.31. The minimum atomic E-state index is -4.75. The number of anilines is 2. The van der Waals surface area contributed by atoms with Gasteiger partial charge in [-0.15, -0.1) is 0 Å². The van der Waals surface area contributed by atoms with Gasteiger partial charge in [0.1, 0.15) is 17.4 Å². The van der Waals surface area contributed by atoms with E-state index >= 15 is 0 Å². The van der Waals surface area contributed by atoms with Crippen LogP contribution in [0, 0.1) is 11.3 Å². The average Bonchev–Trinajstić information content (AvgIpc) is 2.92. The summed E-state index contributed by atoms with van der Waals surface area (Å²) in [5, 5.41) is 18.7. The first-order valence-electron chi connectivity index (χ1n) is 11.1. The van der Waals surface area contributed by atoms with Gasteiger partial charge in [0.05, 0.1) is 29.5 Å². The number of ether oxygens (including phenoxy) is 1. The van der Waals surface area contributed by atoms with Crippen LogP contribution in [0.1, 0.15) is 36.0 Å². The fourth-order valence-electron chi connectivity index (χ4n) is 4.84. The number of hydrogen-bond acceptors (Lipinski definition) is 5. The summed E-state index contributed by atoms with van der Waals surface area (Å²) in [6, 6.07) is 10.1. The molecule has 1 N–H and O–H groups in total. The number of carbonyl (C=O) groups excluding carboxylic acids is 1. The predicted octanol–water partition coefficient (Wildman–Crippen LogP) is 4.49. The largest absolute Gasteiger partial charge is 0.484 e. The number of carbonyl (C=O) groups is 1. The first-order valence-corrected chi connectivity index (χ1v) is 11.5. The highest BCUT2D eigenvalue weighted by atomic mass is 32.1. The molecule has 1 atom stereocenters. The number of alkyl halides is 3. The molecule has 0 aromatic heterocycles. The molecule has 1 saturated heterocycles. The first kappa shape index (κ1) is 23.3. The van der Waals surface area contributed by atoms with Crippen LogP contribution in [0.5, 0.6) is 5.75 Å². The van der Waals surface area contributed by atoms with Crippen molar-refractivity contribution in [3.05, 3.63) is 65.2 Å². The minimum Gasteiger partial charge on any atom is -0.484 e. The Labute approximate surface area is 204 Å². The number of allylic oxidation sites excluding steroid dienone is 1. The monoisotopic (exact) mass is 499 g/mol. The van der Waals surface area contributed by atoms with Crippen molar-refractivity contribution < 1.29 is 27.8 Å². The fraction of sp³-hybridized carbons (Fsp3) is 0.320. The van der Waals surface area contributed by atoms with Crippen molar-refractivity contribution in [3.8, 4) is 11.8 Å². The Balaban J connectivity index is 1.56.